The Morgan fingerprint density at radius 3 is 0.507 bits per heavy atom. The van der Waals surface area contributed by atoms with Gasteiger partial charge in [0.1, 0.15) is 40.5 Å². The molecular weight excluding hydrogens is 2160 g/mol. The maximum Gasteiger partial charge on any atom is 1.00 e. The maximum atomic E-state index is 12.7. The normalized spacial score (nSPS) is 11.8. The zero-order valence-corrected chi connectivity index (χ0v) is 92.3. The molecule has 0 saturated carbocycles. The molecule has 0 saturated heterocycles. The van der Waals surface area contributed by atoms with Crippen LogP contribution in [0.3, 0.4) is 0 Å². The van der Waals surface area contributed by atoms with Gasteiger partial charge in [0.25, 0.3) is 40.5 Å². The van der Waals surface area contributed by atoms with Gasteiger partial charge in [0.15, 0.2) is 0 Å². The van der Waals surface area contributed by atoms with E-state index < -0.39 is 173 Å². The standard InChI is InChI=1S/2C40H44N12O16S4.4Na/c2*53-17-13-51(14-18-54)39-47-35(41-27-3-1-5-31(21-27)69(57,58)59)45-37(49-39)43-29-11-9-25(33(23-29)71(63,64)65)7-8-26-10-12-30(24-34(26)72(66,67)68)44-38-46-36(48-40(50-38)52(15-19-55)16-20-56)42-28-4-2-6-32(22-28)70(60,61)62;;;;/h2*1-12,21-24,53-56H,13-20H2,(H,57,58,59)(H,60,61,62)(H,63,64,65)(H,66,67,68)(H2,41,43,45,47,49)(H2,42,44,46,48,50);;;;/q;;4*+1/p-4. The van der Waals surface area contributed by atoms with Crippen LogP contribution in [-0.4, -0.2) is 310 Å². The first-order valence-corrected chi connectivity index (χ1v) is 52.5. The van der Waals surface area contributed by atoms with Crippen LogP contribution >= 0.6 is 0 Å². The van der Waals surface area contributed by atoms with Gasteiger partial charge in [-0.15, -0.1) is 0 Å². The van der Waals surface area contributed by atoms with Crippen molar-refractivity contribution in [3.63, 3.8) is 0 Å². The summed E-state index contributed by atoms with van der Waals surface area (Å²) in [7, 11) is -39.7. The Labute approximate surface area is 933 Å². The second-order valence-corrected chi connectivity index (χ2v) is 40.5. The van der Waals surface area contributed by atoms with Crippen LogP contribution in [0.4, 0.5) is 117 Å². The Balaban J connectivity index is 0.000000390. The SMILES string of the molecule is O=S(=O)([O-])c1cc(Nc2nc(Nc3cccc(S(=O)(=O)O)c3)nc(N(CCO)CCO)n2)ccc1C=Cc1ccc(Nc2nc(Nc3cccc(S(=O)(=O)O)c3)nc(N(CCO)CCO)n2)cc1S(=O)(=O)[O-].O=S(=O)([O-])c1cc(Nc2nc(Nc3cccc(S(=O)(=O)O)c3)nc(N(CCO)CCO)n2)ccc1C=Cc1ccc(Nc2nc(Nc3cccc(S(=O)(=O)O)c3)nc(N(CCO)CCO)n2)cc1S(=O)(=O)[O-].[Na+].[Na+].[Na+].[Na+]. The van der Waals surface area contributed by atoms with Crippen molar-refractivity contribution >= 4 is 222 Å². The van der Waals surface area contributed by atoms with Crippen molar-refractivity contribution in [1.29, 1.82) is 0 Å². The number of aliphatic hydroxyl groups excluding tert-OH is 8. The van der Waals surface area contributed by atoms with E-state index in [4.69, 9.17) is 0 Å². The van der Waals surface area contributed by atoms with E-state index in [0.29, 0.717) is 0 Å². The number of aliphatic hydroxyl groups is 8. The summed E-state index contributed by atoms with van der Waals surface area (Å²) in [6.07, 6.45) is 4.23. The molecule has 12 rings (SSSR count). The van der Waals surface area contributed by atoms with E-state index in [-0.39, 0.29) is 310 Å². The van der Waals surface area contributed by atoms with Crippen LogP contribution in [0, 0.1) is 0 Å². The summed E-state index contributed by atoms with van der Waals surface area (Å²) in [5.41, 5.74) is -1.07. The molecule has 0 aliphatic rings. The fraction of sp³-hybridized carbons (Fsp3) is 0.200. The zero-order chi connectivity index (χ0) is 105. The predicted molar refractivity (Wildman–Crippen MR) is 512 cm³/mol. The summed E-state index contributed by atoms with van der Waals surface area (Å²) >= 11 is 0. The smallest absolute Gasteiger partial charge is 0.744 e. The second-order valence-electron chi connectivity index (χ2n) is 29.4. The Hall–Kier alpha value is -10.2. The Morgan fingerprint density at radius 2 is 0.372 bits per heavy atom. The van der Waals surface area contributed by atoms with Crippen LogP contribution in [-0.2, 0) is 80.9 Å². The molecular formula is C80H84N24Na4O32S8. The molecule has 0 fully saturated rings. The number of rotatable bonds is 48. The monoisotopic (exact) mass is 2240 g/mol. The van der Waals surface area contributed by atoms with Gasteiger partial charge in [-0.2, -0.15) is 93.5 Å². The molecule has 8 aromatic carbocycles. The number of aromatic nitrogens is 12. The molecule has 0 unspecified atom stereocenters. The molecule has 12 aromatic rings. The largest absolute Gasteiger partial charge is 1.00 e. The minimum atomic E-state index is -5.31. The van der Waals surface area contributed by atoms with Crippen LogP contribution < -0.4 is 180 Å². The minimum absolute atomic E-state index is 0. The van der Waals surface area contributed by atoms with Gasteiger partial charge in [-0.3, -0.25) is 18.2 Å². The molecule has 0 atom stereocenters. The molecule has 0 aliphatic carbocycles. The third-order valence-electron chi connectivity index (χ3n) is 19.2. The Morgan fingerprint density at radius 1 is 0.223 bits per heavy atom. The van der Waals surface area contributed by atoms with Crippen LogP contribution in [0.1, 0.15) is 22.3 Å². The van der Waals surface area contributed by atoms with E-state index in [2.05, 4.69) is 102 Å². The number of anilines is 20. The van der Waals surface area contributed by atoms with Gasteiger partial charge in [-0.05, 0) is 144 Å². The third-order valence-corrected chi connectivity index (χ3v) is 26.1. The van der Waals surface area contributed by atoms with E-state index in [1.54, 1.807) is 0 Å². The predicted octanol–water partition coefficient (Wildman–Crippen LogP) is -9.81. The summed E-state index contributed by atoms with van der Waals surface area (Å²) in [5.74, 6) is -2.60. The number of hydrogen-bond acceptors (Lipinski definition) is 52. The van der Waals surface area contributed by atoms with Crippen molar-refractivity contribution in [3.05, 3.63) is 192 Å². The first-order chi connectivity index (χ1) is 67.9. The van der Waals surface area contributed by atoms with Crippen molar-refractivity contribution in [1.82, 2.24) is 59.8 Å². The molecule has 20 N–H and O–H groups in total. The van der Waals surface area contributed by atoms with E-state index in [0.717, 1.165) is 121 Å². The van der Waals surface area contributed by atoms with Crippen molar-refractivity contribution in [3.8, 4) is 0 Å². The maximum absolute atomic E-state index is 12.7. The summed E-state index contributed by atoms with van der Waals surface area (Å²) < 4.78 is 284. The van der Waals surface area contributed by atoms with Crippen molar-refractivity contribution in [2.45, 2.75) is 39.2 Å². The molecule has 0 aliphatic heterocycles. The molecule has 768 valence electrons. The number of nitrogens with one attached hydrogen (secondary N) is 8. The average molecular weight is 2240 g/mol. The fourth-order valence-corrected chi connectivity index (χ4v) is 17.8. The van der Waals surface area contributed by atoms with E-state index >= 15 is 0 Å². The van der Waals surface area contributed by atoms with E-state index in [1.165, 1.54) is 92.4 Å². The van der Waals surface area contributed by atoms with Gasteiger partial charge in [0.2, 0.25) is 71.4 Å². The van der Waals surface area contributed by atoms with Crippen molar-refractivity contribution in [2.75, 3.05) is 167 Å². The van der Waals surface area contributed by atoms with Crippen molar-refractivity contribution in [2.24, 2.45) is 0 Å². The quantitative estimate of drug-likeness (QED) is 0.00956. The van der Waals surface area contributed by atoms with Gasteiger partial charge >= 0.3 is 118 Å². The van der Waals surface area contributed by atoms with Gasteiger partial charge in [0.05, 0.1) is 92.0 Å². The third kappa shape index (κ3) is 36.6. The first kappa shape index (κ1) is 125. The second kappa shape index (κ2) is 55.2. The number of hydrogen-bond donors (Lipinski definition) is 20. The van der Waals surface area contributed by atoms with Gasteiger partial charge in [0, 0.05) is 97.9 Å². The number of nitrogens with zero attached hydrogens (tertiary/aromatic N) is 16. The summed E-state index contributed by atoms with van der Waals surface area (Å²) in [6.45, 7) is -3.84. The minimum Gasteiger partial charge on any atom is -0.744 e. The Kier molecular flexibility index (Phi) is 46.5. The molecule has 0 amide bonds. The molecule has 68 heteroatoms. The summed E-state index contributed by atoms with van der Waals surface area (Å²) in [5, 5.41) is 99.2. The van der Waals surface area contributed by atoms with Crippen molar-refractivity contribution < 1.29 is 263 Å². The summed E-state index contributed by atoms with van der Waals surface area (Å²) in [6, 6.07) is 33.2. The average Bonchev–Trinajstić information content (AvgIpc) is 0.797. The zero-order valence-electron chi connectivity index (χ0n) is 77.7. The molecule has 0 spiro atoms. The van der Waals surface area contributed by atoms with Crippen LogP contribution in [0.25, 0.3) is 24.3 Å². The molecule has 148 heavy (non-hydrogen) atoms. The molecule has 0 radical (unpaired) electrons. The van der Waals surface area contributed by atoms with Gasteiger partial charge in [-0.1, -0.05) is 72.8 Å². The fourth-order valence-electron chi connectivity index (χ4n) is 12.9. The van der Waals surface area contributed by atoms with Crippen LogP contribution in [0.2, 0.25) is 0 Å². The molecule has 0 bridgehead atoms. The van der Waals surface area contributed by atoms with E-state index in [1.807, 2.05) is 0 Å². The van der Waals surface area contributed by atoms with Gasteiger partial charge in [-0.25, -0.2) is 33.7 Å². The molecule has 56 nitrogen and oxygen atoms in total. The van der Waals surface area contributed by atoms with E-state index in [9.17, 15) is 145 Å². The first-order valence-electron chi connectivity index (χ1n) is 41.1. The van der Waals surface area contributed by atoms with Gasteiger partial charge < -0.3 is 121 Å². The van der Waals surface area contributed by atoms with Crippen LogP contribution in [0.5, 0.6) is 0 Å². The summed E-state index contributed by atoms with van der Waals surface area (Å²) in [4.78, 5) is 51.4. The Bertz CT molecular complexity index is 6860. The number of benzene rings is 8. The topological polar surface area (TPSA) is 872 Å². The molecule has 4 heterocycles. The molecule has 4 aromatic heterocycles. The van der Waals surface area contributed by atoms with Crippen LogP contribution in [0.15, 0.2) is 209 Å².